The Kier molecular flexibility index (Phi) is 6.07. The molecule has 0 amide bonds. The number of hydrogen-bond donors (Lipinski definition) is 0. The van der Waals surface area contributed by atoms with Crippen molar-refractivity contribution in [3.63, 3.8) is 0 Å². The topological polar surface area (TPSA) is 17.1 Å². The number of ketones is 1. The first-order valence-corrected chi connectivity index (χ1v) is 6.85. The molecule has 16 heavy (non-hydrogen) atoms. The van der Waals surface area contributed by atoms with Crippen molar-refractivity contribution >= 4 is 33.3 Å². The third kappa shape index (κ3) is 4.26. The fourth-order valence-corrected chi connectivity index (χ4v) is 2.20. The quantitative estimate of drug-likeness (QED) is 0.722. The van der Waals surface area contributed by atoms with Crippen LogP contribution in [0.25, 0.3) is 0 Å². The number of benzene rings is 1. The second-order valence-corrected chi connectivity index (χ2v) is 5.07. The van der Waals surface area contributed by atoms with Gasteiger partial charge in [-0.3, -0.25) is 4.79 Å². The number of rotatable bonds is 6. The highest BCUT2D eigenvalue weighted by atomic mass is 79.9. The van der Waals surface area contributed by atoms with Gasteiger partial charge in [0.1, 0.15) is 5.78 Å². The molecule has 0 spiro atoms. The van der Waals surface area contributed by atoms with Crippen LogP contribution in [-0.4, -0.2) is 11.7 Å². The summed E-state index contributed by atoms with van der Waals surface area (Å²) in [4.78, 5) is 11.7. The van der Waals surface area contributed by atoms with Gasteiger partial charge in [0.05, 0.1) is 0 Å². The van der Waals surface area contributed by atoms with E-state index in [1.165, 1.54) is 5.56 Å². The van der Waals surface area contributed by atoms with Gasteiger partial charge in [0.25, 0.3) is 0 Å². The Bertz CT molecular complexity index is 363. The Morgan fingerprint density at radius 2 is 2.12 bits per heavy atom. The van der Waals surface area contributed by atoms with Crippen LogP contribution in [0.4, 0.5) is 0 Å². The van der Waals surface area contributed by atoms with Crippen LogP contribution in [0.2, 0.25) is 0 Å². The van der Waals surface area contributed by atoms with Crippen LogP contribution in [-0.2, 0) is 17.6 Å². The van der Waals surface area contributed by atoms with Gasteiger partial charge in [-0.1, -0.05) is 28.9 Å². The molecule has 88 valence electrons. The molecule has 0 unspecified atom stereocenters. The first kappa shape index (κ1) is 13.7. The van der Waals surface area contributed by atoms with Gasteiger partial charge in [-0.15, -0.1) is 11.6 Å². The lowest BCUT2D eigenvalue weighted by molar-refractivity contribution is -0.118. The summed E-state index contributed by atoms with van der Waals surface area (Å²) in [5.41, 5.74) is 2.39. The molecule has 0 fully saturated rings. The Labute approximate surface area is 110 Å². The first-order valence-electron chi connectivity index (χ1n) is 5.52. The molecule has 0 aromatic heterocycles. The van der Waals surface area contributed by atoms with Crippen LogP contribution in [0.15, 0.2) is 22.7 Å². The summed E-state index contributed by atoms with van der Waals surface area (Å²) in [6.45, 7) is 2.11. The lowest BCUT2D eigenvalue weighted by Gasteiger charge is -2.07. The number of hydrogen-bond acceptors (Lipinski definition) is 1. The number of carbonyl (C=O) groups excluding carboxylic acids is 1. The van der Waals surface area contributed by atoms with Crippen LogP contribution in [0.5, 0.6) is 0 Å². The normalized spacial score (nSPS) is 10.4. The lowest BCUT2D eigenvalue weighted by atomic mass is 9.99. The lowest BCUT2D eigenvalue weighted by Crippen LogP contribution is -2.05. The van der Waals surface area contributed by atoms with E-state index in [1.807, 2.05) is 12.1 Å². The minimum absolute atomic E-state index is 0.276. The summed E-state index contributed by atoms with van der Waals surface area (Å²) in [6.07, 6.45) is 2.85. The molecule has 0 saturated heterocycles. The van der Waals surface area contributed by atoms with Crippen molar-refractivity contribution in [2.45, 2.75) is 32.6 Å². The zero-order valence-electron chi connectivity index (χ0n) is 9.43. The summed E-state index contributed by atoms with van der Waals surface area (Å²) in [6, 6.07) is 6.11. The van der Waals surface area contributed by atoms with Gasteiger partial charge >= 0.3 is 0 Å². The Morgan fingerprint density at radius 1 is 1.38 bits per heavy atom. The maximum Gasteiger partial charge on any atom is 0.137 e. The molecule has 0 N–H and O–H groups in total. The van der Waals surface area contributed by atoms with E-state index in [1.54, 1.807) is 0 Å². The molecule has 0 bridgehead atoms. The average Bonchev–Trinajstić information content (AvgIpc) is 2.28. The monoisotopic (exact) mass is 302 g/mol. The predicted molar refractivity (Wildman–Crippen MR) is 72.2 cm³/mol. The van der Waals surface area contributed by atoms with Crippen molar-refractivity contribution in [1.82, 2.24) is 0 Å². The molecule has 0 aliphatic rings. The van der Waals surface area contributed by atoms with E-state index >= 15 is 0 Å². The third-order valence-corrected chi connectivity index (χ3v) is 3.29. The zero-order chi connectivity index (χ0) is 12.0. The maximum atomic E-state index is 11.7. The smallest absolute Gasteiger partial charge is 0.137 e. The highest BCUT2D eigenvalue weighted by Crippen LogP contribution is 2.18. The molecular weight excluding hydrogens is 287 g/mol. The van der Waals surface area contributed by atoms with Crippen molar-refractivity contribution in [3.8, 4) is 0 Å². The fourth-order valence-electron chi connectivity index (χ4n) is 1.66. The summed E-state index contributed by atoms with van der Waals surface area (Å²) in [5, 5.41) is 0. The van der Waals surface area contributed by atoms with E-state index in [2.05, 4.69) is 28.9 Å². The molecule has 0 saturated carbocycles. The second kappa shape index (κ2) is 7.08. The molecule has 0 radical (unpaired) electrons. The highest BCUT2D eigenvalue weighted by Gasteiger charge is 2.07. The van der Waals surface area contributed by atoms with E-state index in [0.29, 0.717) is 18.7 Å². The van der Waals surface area contributed by atoms with Gasteiger partial charge in [-0.2, -0.15) is 0 Å². The summed E-state index contributed by atoms with van der Waals surface area (Å²) >= 11 is 9.01. The molecule has 0 atom stereocenters. The highest BCUT2D eigenvalue weighted by molar-refractivity contribution is 9.10. The van der Waals surface area contributed by atoms with Crippen LogP contribution >= 0.6 is 27.5 Å². The zero-order valence-corrected chi connectivity index (χ0v) is 11.8. The first-order chi connectivity index (χ1) is 7.67. The standard InChI is InChI=1S/C13H16BrClO/c1-2-10-8-12(14)6-5-11(10)9-13(16)4-3-7-15/h5-6,8H,2-4,7,9H2,1H3. The van der Waals surface area contributed by atoms with E-state index in [4.69, 9.17) is 11.6 Å². The Hall–Kier alpha value is -0.340. The van der Waals surface area contributed by atoms with E-state index in [-0.39, 0.29) is 5.78 Å². The van der Waals surface area contributed by atoms with Crippen molar-refractivity contribution in [3.05, 3.63) is 33.8 Å². The molecule has 3 heteroatoms. The number of carbonyl (C=O) groups is 1. The van der Waals surface area contributed by atoms with Crippen molar-refractivity contribution < 1.29 is 4.79 Å². The number of alkyl halides is 1. The van der Waals surface area contributed by atoms with Crippen molar-refractivity contribution in [1.29, 1.82) is 0 Å². The third-order valence-electron chi connectivity index (χ3n) is 2.53. The van der Waals surface area contributed by atoms with Gasteiger partial charge in [0.15, 0.2) is 0 Å². The molecule has 0 aliphatic heterocycles. The summed E-state index contributed by atoms with van der Waals surface area (Å²) in [5.74, 6) is 0.838. The van der Waals surface area contributed by atoms with Crippen LogP contribution in [0, 0.1) is 0 Å². The van der Waals surface area contributed by atoms with Gasteiger partial charge < -0.3 is 0 Å². The molecule has 1 aromatic rings. The SMILES string of the molecule is CCc1cc(Br)ccc1CC(=O)CCCCl. The minimum atomic E-state index is 0.276. The van der Waals surface area contributed by atoms with Crippen LogP contribution < -0.4 is 0 Å². The van der Waals surface area contributed by atoms with Gasteiger partial charge in [0, 0.05) is 23.2 Å². The van der Waals surface area contributed by atoms with Crippen molar-refractivity contribution in [2.75, 3.05) is 5.88 Å². The Morgan fingerprint density at radius 3 is 2.75 bits per heavy atom. The maximum absolute atomic E-state index is 11.7. The Balaban J connectivity index is 2.69. The summed E-state index contributed by atoms with van der Waals surface area (Å²) in [7, 11) is 0. The molecule has 1 aromatic carbocycles. The summed E-state index contributed by atoms with van der Waals surface area (Å²) < 4.78 is 1.07. The number of aryl methyl sites for hydroxylation is 1. The van der Waals surface area contributed by atoms with E-state index < -0.39 is 0 Å². The number of halogens is 2. The van der Waals surface area contributed by atoms with Crippen molar-refractivity contribution in [2.24, 2.45) is 0 Å². The van der Waals surface area contributed by atoms with Gasteiger partial charge in [-0.25, -0.2) is 0 Å². The molecule has 1 nitrogen and oxygen atoms in total. The van der Waals surface area contributed by atoms with E-state index in [9.17, 15) is 4.79 Å². The van der Waals surface area contributed by atoms with Gasteiger partial charge in [-0.05, 0) is 36.1 Å². The molecular formula is C13H16BrClO. The molecule has 0 aliphatic carbocycles. The predicted octanol–water partition coefficient (Wildman–Crippen LogP) is 4.14. The fraction of sp³-hybridized carbons (Fsp3) is 0.462. The van der Waals surface area contributed by atoms with Crippen LogP contribution in [0.3, 0.4) is 0 Å². The number of Topliss-reactive ketones (excluding diaryl/α,β-unsaturated/α-hetero) is 1. The average molecular weight is 304 g/mol. The molecule has 0 heterocycles. The second-order valence-electron chi connectivity index (χ2n) is 3.77. The van der Waals surface area contributed by atoms with Gasteiger partial charge in [0.2, 0.25) is 0 Å². The minimum Gasteiger partial charge on any atom is -0.299 e. The molecule has 1 rings (SSSR count). The van der Waals surface area contributed by atoms with Crippen LogP contribution in [0.1, 0.15) is 30.9 Å². The largest absolute Gasteiger partial charge is 0.299 e. The van der Waals surface area contributed by atoms with E-state index in [0.717, 1.165) is 22.9 Å².